The van der Waals surface area contributed by atoms with Crippen LogP contribution in [0.25, 0.3) is 0 Å². The maximum Gasteiger partial charge on any atom is 0.259 e. The average molecular weight is 417 g/mol. The number of hydrogen-bond acceptors (Lipinski definition) is 4. The number of rotatable bonds is 6. The van der Waals surface area contributed by atoms with Crippen LogP contribution < -0.4 is 14.8 Å². The van der Waals surface area contributed by atoms with Crippen LogP contribution >= 0.6 is 11.6 Å². The fraction of sp³-hybridized carbons (Fsp3) is 0.364. The quantitative estimate of drug-likeness (QED) is 0.784. The number of methoxy groups -OCH3 is 2. The smallest absolute Gasteiger partial charge is 0.259 e. The molecule has 6 nitrogen and oxygen atoms in total. The summed E-state index contributed by atoms with van der Waals surface area (Å²) in [5, 5.41) is 3.71. The SMILES string of the molecule is COc1cccc(OC)c1C(=O)NC1CCN(C(=O)Cc2ccc(Cl)cc2)CC1. The Kier molecular flexibility index (Phi) is 6.99. The normalized spacial score (nSPS) is 14.4. The van der Waals surface area contributed by atoms with Crippen molar-refractivity contribution in [1.29, 1.82) is 0 Å². The number of hydrogen-bond donors (Lipinski definition) is 1. The molecule has 0 aromatic heterocycles. The lowest BCUT2D eigenvalue weighted by atomic mass is 10.0. The number of amides is 2. The Hall–Kier alpha value is -2.73. The standard InChI is InChI=1S/C22H25ClN2O4/c1-28-18-4-3-5-19(29-2)21(18)22(27)24-17-10-12-25(13-11-17)20(26)14-15-6-8-16(23)9-7-15/h3-9,17H,10-14H2,1-2H3,(H,24,27). The minimum Gasteiger partial charge on any atom is -0.496 e. The topological polar surface area (TPSA) is 67.9 Å². The predicted molar refractivity (Wildman–Crippen MR) is 112 cm³/mol. The van der Waals surface area contributed by atoms with Gasteiger partial charge in [0.25, 0.3) is 5.91 Å². The first-order valence-corrected chi connectivity index (χ1v) is 9.93. The van der Waals surface area contributed by atoms with Crippen molar-refractivity contribution in [3.8, 4) is 11.5 Å². The molecule has 0 spiro atoms. The van der Waals surface area contributed by atoms with Crippen LogP contribution in [0.2, 0.25) is 5.02 Å². The van der Waals surface area contributed by atoms with Gasteiger partial charge in [0.2, 0.25) is 5.91 Å². The molecule has 0 bridgehead atoms. The van der Waals surface area contributed by atoms with E-state index >= 15 is 0 Å². The zero-order valence-corrected chi connectivity index (χ0v) is 17.4. The molecule has 0 saturated carbocycles. The lowest BCUT2D eigenvalue weighted by molar-refractivity contribution is -0.131. The fourth-order valence-corrected chi connectivity index (χ4v) is 3.62. The van der Waals surface area contributed by atoms with E-state index in [1.807, 2.05) is 17.0 Å². The molecule has 29 heavy (non-hydrogen) atoms. The van der Waals surface area contributed by atoms with Gasteiger partial charge in [0.05, 0.1) is 20.6 Å². The van der Waals surface area contributed by atoms with Crippen LogP contribution in [0.5, 0.6) is 11.5 Å². The molecule has 2 amide bonds. The van der Waals surface area contributed by atoms with Crippen LogP contribution in [0.1, 0.15) is 28.8 Å². The molecular formula is C22H25ClN2O4. The summed E-state index contributed by atoms with van der Waals surface area (Å²) in [4.78, 5) is 27.2. The summed E-state index contributed by atoms with van der Waals surface area (Å²) in [5.41, 5.74) is 1.33. The van der Waals surface area contributed by atoms with Crippen molar-refractivity contribution >= 4 is 23.4 Å². The average Bonchev–Trinajstić information content (AvgIpc) is 2.75. The van der Waals surface area contributed by atoms with Gasteiger partial charge in [-0.25, -0.2) is 0 Å². The van der Waals surface area contributed by atoms with E-state index < -0.39 is 0 Å². The Balaban J connectivity index is 1.55. The van der Waals surface area contributed by atoms with Gasteiger partial charge in [-0.15, -0.1) is 0 Å². The highest BCUT2D eigenvalue weighted by atomic mass is 35.5. The van der Waals surface area contributed by atoms with E-state index in [4.69, 9.17) is 21.1 Å². The number of nitrogens with zero attached hydrogens (tertiary/aromatic N) is 1. The fourth-order valence-electron chi connectivity index (χ4n) is 3.49. The Morgan fingerprint density at radius 2 is 1.62 bits per heavy atom. The Labute approximate surface area is 175 Å². The molecule has 3 rings (SSSR count). The van der Waals surface area contributed by atoms with E-state index in [0.717, 1.165) is 5.56 Å². The molecule has 7 heteroatoms. The molecule has 1 aliphatic heterocycles. The van der Waals surface area contributed by atoms with Crippen LogP contribution in [0.15, 0.2) is 42.5 Å². The summed E-state index contributed by atoms with van der Waals surface area (Å²) in [6, 6.07) is 12.6. The third-order valence-electron chi connectivity index (χ3n) is 5.11. The molecule has 1 saturated heterocycles. The second kappa shape index (κ2) is 9.65. The molecule has 1 aliphatic rings. The second-order valence-corrected chi connectivity index (χ2v) is 7.41. The van der Waals surface area contributed by atoms with E-state index in [2.05, 4.69) is 5.32 Å². The van der Waals surface area contributed by atoms with Crippen LogP contribution in [0, 0.1) is 0 Å². The van der Waals surface area contributed by atoms with E-state index in [1.54, 1.807) is 30.3 Å². The van der Waals surface area contributed by atoms with Crippen molar-refractivity contribution in [2.75, 3.05) is 27.3 Å². The van der Waals surface area contributed by atoms with Crippen LogP contribution in [0.3, 0.4) is 0 Å². The molecule has 0 unspecified atom stereocenters. The van der Waals surface area contributed by atoms with Gasteiger partial charge in [0, 0.05) is 24.2 Å². The number of benzene rings is 2. The first-order valence-electron chi connectivity index (χ1n) is 9.56. The maximum atomic E-state index is 12.8. The summed E-state index contributed by atoms with van der Waals surface area (Å²) in [6.45, 7) is 1.22. The van der Waals surface area contributed by atoms with Gasteiger partial charge in [0.15, 0.2) is 0 Å². The summed E-state index contributed by atoms with van der Waals surface area (Å²) >= 11 is 5.89. The van der Waals surface area contributed by atoms with Gasteiger partial charge in [-0.2, -0.15) is 0 Å². The number of piperidine rings is 1. The summed E-state index contributed by atoms with van der Waals surface area (Å²) in [6.07, 6.45) is 1.76. The van der Waals surface area contributed by atoms with E-state index in [-0.39, 0.29) is 17.9 Å². The molecule has 0 atom stereocenters. The molecule has 1 heterocycles. The summed E-state index contributed by atoms with van der Waals surface area (Å²) < 4.78 is 10.6. The van der Waals surface area contributed by atoms with Crippen molar-refractivity contribution in [1.82, 2.24) is 10.2 Å². The summed E-state index contributed by atoms with van der Waals surface area (Å²) in [5.74, 6) is 0.795. The first-order chi connectivity index (χ1) is 14.0. The van der Waals surface area contributed by atoms with Crippen LogP contribution in [-0.4, -0.2) is 50.1 Å². The highest BCUT2D eigenvalue weighted by Gasteiger charge is 2.26. The molecule has 2 aromatic carbocycles. The highest BCUT2D eigenvalue weighted by Crippen LogP contribution is 2.28. The third kappa shape index (κ3) is 5.21. The Bertz CT molecular complexity index is 839. The van der Waals surface area contributed by atoms with Gasteiger partial charge in [-0.05, 0) is 42.7 Å². The van der Waals surface area contributed by atoms with E-state index in [0.29, 0.717) is 54.4 Å². The number of likely N-dealkylation sites (tertiary alicyclic amines) is 1. The number of nitrogens with one attached hydrogen (secondary N) is 1. The van der Waals surface area contributed by atoms with Crippen LogP contribution in [0.4, 0.5) is 0 Å². The minimum absolute atomic E-state index is 0.00306. The van der Waals surface area contributed by atoms with Gasteiger partial charge in [-0.1, -0.05) is 29.8 Å². The summed E-state index contributed by atoms with van der Waals surface area (Å²) in [7, 11) is 3.05. The van der Waals surface area contributed by atoms with Crippen molar-refractivity contribution in [2.45, 2.75) is 25.3 Å². The third-order valence-corrected chi connectivity index (χ3v) is 5.36. The second-order valence-electron chi connectivity index (χ2n) is 6.97. The van der Waals surface area contributed by atoms with E-state index in [1.165, 1.54) is 14.2 Å². The molecule has 1 N–H and O–H groups in total. The number of carbonyl (C=O) groups excluding carboxylic acids is 2. The first kappa shape index (κ1) is 21.0. The lowest BCUT2D eigenvalue weighted by Crippen LogP contribution is -2.47. The lowest BCUT2D eigenvalue weighted by Gasteiger charge is -2.32. The number of halogens is 1. The highest BCUT2D eigenvalue weighted by molar-refractivity contribution is 6.30. The minimum atomic E-state index is -0.231. The van der Waals surface area contributed by atoms with Gasteiger partial charge in [-0.3, -0.25) is 9.59 Å². The van der Waals surface area contributed by atoms with Gasteiger partial charge in [0.1, 0.15) is 17.1 Å². The van der Waals surface area contributed by atoms with Crippen LogP contribution in [-0.2, 0) is 11.2 Å². The monoisotopic (exact) mass is 416 g/mol. The Morgan fingerprint density at radius 1 is 1.03 bits per heavy atom. The zero-order chi connectivity index (χ0) is 20.8. The maximum absolute atomic E-state index is 12.8. The van der Waals surface area contributed by atoms with Crippen molar-refractivity contribution in [3.63, 3.8) is 0 Å². The van der Waals surface area contributed by atoms with Crippen molar-refractivity contribution in [3.05, 3.63) is 58.6 Å². The predicted octanol–water partition coefficient (Wildman–Crippen LogP) is 3.32. The molecule has 154 valence electrons. The van der Waals surface area contributed by atoms with E-state index in [9.17, 15) is 9.59 Å². The molecule has 0 radical (unpaired) electrons. The molecular weight excluding hydrogens is 392 g/mol. The van der Waals surface area contributed by atoms with Crippen molar-refractivity contribution < 1.29 is 19.1 Å². The molecule has 0 aliphatic carbocycles. The number of carbonyl (C=O) groups is 2. The number of ether oxygens (including phenoxy) is 2. The van der Waals surface area contributed by atoms with Gasteiger partial charge < -0.3 is 19.7 Å². The zero-order valence-electron chi connectivity index (χ0n) is 16.6. The Morgan fingerprint density at radius 3 is 2.17 bits per heavy atom. The largest absolute Gasteiger partial charge is 0.496 e. The molecule has 2 aromatic rings. The van der Waals surface area contributed by atoms with Crippen molar-refractivity contribution in [2.24, 2.45) is 0 Å². The molecule has 1 fully saturated rings. The van der Waals surface area contributed by atoms with Gasteiger partial charge >= 0.3 is 0 Å².